The highest BCUT2D eigenvalue weighted by molar-refractivity contribution is 5.68. The summed E-state index contributed by atoms with van der Waals surface area (Å²) in [5, 5.41) is 0. The molecule has 0 nitrogen and oxygen atoms in total. The van der Waals surface area contributed by atoms with Gasteiger partial charge in [-0.25, -0.2) is 0 Å². The van der Waals surface area contributed by atoms with Gasteiger partial charge < -0.3 is 0 Å². The summed E-state index contributed by atoms with van der Waals surface area (Å²) in [4.78, 5) is 0. The molecule has 0 amide bonds. The minimum atomic E-state index is 0.754. The smallest absolute Gasteiger partial charge is 0.0149 e. The van der Waals surface area contributed by atoms with Crippen LogP contribution in [0.2, 0.25) is 0 Å². The van der Waals surface area contributed by atoms with E-state index in [2.05, 4.69) is 62.4 Å². The minimum Gasteiger partial charge on any atom is -0.0654 e. The van der Waals surface area contributed by atoms with Crippen molar-refractivity contribution in [2.75, 3.05) is 0 Å². The van der Waals surface area contributed by atoms with Crippen molar-refractivity contribution >= 4 is 0 Å². The van der Waals surface area contributed by atoms with Gasteiger partial charge in [0.15, 0.2) is 0 Å². The van der Waals surface area contributed by atoms with Gasteiger partial charge in [0.05, 0.1) is 0 Å². The number of hydrogen-bond donors (Lipinski definition) is 0. The monoisotopic (exact) mass is 320 g/mol. The van der Waals surface area contributed by atoms with Crippen molar-refractivity contribution in [2.24, 2.45) is 5.92 Å². The van der Waals surface area contributed by atoms with Crippen molar-refractivity contribution in [3.8, 4) is 11.1 Å². The molecule has 0 aromatic heterocycles. The second-order valence-electron chi connectivity index (χ2n) is 7.54. The predicted octanol–water partition coefficient (Wildman–Crippen LogP) is 7.38. The van der Waals surface area contributed by atoms with E-state index in [-0.39, 0.29) is 0 Å². The molecule has 2 aromatic rings. The van der Waals surface area contributed by atoms with E-state index in [1.807, 2.05) is 0 Å². The third kappa shape index (κ3) is 4.09. The van der Waals surface area contributed by atoms with E-state index in [9.17, 15) is 0 Å². The van der Waals surface area contributed by atoms with Gasteiger partial charge in [-0.05, 0) is 66.2 Å². The largest absolute Gasteiger partial charge is 0.0654 e. The molecule has 1 saturated carbocycles. The van der Waals surface area contributed by atoms with E-state index in [0.717, 1.165) is 11.8 Å². The molecular weight excluding hydrogens is 288 g/mol. The Morgan fingerprint density at radius 1 is 0.792 bits per heavy atom. The first-order valence-corrected chi connectivity index (χ1v) is 10.00. The predicted molar refractivity (Wildman–Crippen MR) is 105 cm³/mol. The molecule has 0 saturated heterocycles. The molecule has 0 bridgehead atoms. The molecule has 0 atom stereocenters. The molecule has 0 radical (unpaired) electrons. The Morgan fingerprint density at radius 2 is 1.50 bits per heavy atom. The maximum atomic E-state index is 2.38. The molecule has 1 fully saturated rings. The Bertz CT molecular complexity index is 615. The van der Waals surface area contributed by atoms with Crippen LogP contribution in [0.15, 0.2) is 48.5 Å². The first-order chi connectivity index (χ1) is 11.8. The van der Waals surface area contributed by atoms with Crippen LogP contribution in [0.1, 0.15) is 75.8 Å². The lowest BCUT2D eigenvalue weighted by molar-refractivity contribution is 0.308. The second kappa shape index (κ2) is 8.51. The molecule has 1 aliphatic rings. The van der Waals surface area contributed by atoms with Gasteiger partial charge in [-0.2, -0.15) is 0 Å². The molecular formula is C24H32. The van der Waals surface area contributed by atoms with Crippen LogP contribution in [0.3, 0.4) is 0 Å². The summed E-state index contributed by atoms with van der Waals surface area (Å²) in [7, 11) is 0. The Balaban J connectivity index is 1.78. The standard InChI is InChI=1S/C24H32/c1-3-7-19-11-15-21(16-12-19)23-9-5-6-10-24(23)22-17-13-20(8-4-2)14-18-22/h5-6,9-12,15-16,20,22H,3-4,7-8,13-14,17-18H2,1-2H3. The van der Waals surface area contributed by atoms with E-state index in [1.54, 1.807) is 5.56 Å². The highest BCUT2D eigenvalue weighted by Gasteiger charge is 2.23. The van der Waals surface area contributed by atoms with Crippen LogP contribution in [0.5, 0.6) is 0 Å². The quantitative estimate of drug-likeness (QED) is 0.521. The Hall–Kier alpha value is -1.56. The number of benzene rings is 2. The van der Waals surface area contributed by atoms with Crippen molar-refractivity contribution in [2.45, 2.75) is 71.1 Å². The Morgan fingerprint density at radius 3 is 2.17 bits per heavy atom. The summed E-state index contributed by atoms with van der Waals surface area (Å²) in [5.41, 5.74) is 5.88. The summed E-state index contributed by atoms with van der Waals surface area (Å²) in [6.45, 7) is 4.57. The molecule has 3 rings (SSSR count). The van der Waals surface area contributed by atoms with Crippen molar-refractivity contribution in [3.63, 3.8) is 0 Å². The van der Waals surface area contributed by atoms with Crippen molar-refractivity contribution in [1.82, 2.24) is 0 Å². The van der Waals surface area contributed by atoms with Gasteiger partial charge in [0.1, 0.15) is 0 Å². The number of hydrogen-bond acceptors (Lipinski definition) is 0. The van der Waals surface area contributed by atoms with Crippen LogP contribution in [0.25, 0.3) is 11.1 Å². The molecule has 0 heterocycles. The fraction of sp³-hybridized carbons (Fsp3) is 0.500. The zero-order chi connectivity index (χ0) is 16.8. The summed E-state index contributed by atoms with van der Waals surface area (Å²) >= 11 is 0. The molecule has 2 aromatic carbocycles. The lowest BCUT2D eigenvalue weighted by Gasteiger charge is -2.30. The van der Waals surface area contributed by atoms with Crippen molar-refractivity contribution < 1.29 is 0 Å². The molecule has 0 spiro atoms. The van der Waals surface area contributed by atoms with E-state index >= 15 is 0 Å². The van der Waals surface area contributed by atoms with Crippen LogP contribution in [-0.2, 0) is 6.42 Å². The number of aryl methyl sites for hydroxylation is 1. The Kier molecular flexibility index (Phi) is 6.12. The van der Waals surface area contributed by atoms with Gasteiger partial charge in [0.25, 0.3) is 0 Å². The molecule has 24 heavy (non-hydrogen) atoms. The van der Waals surface area contributed by atoms with Gasteiger partial charge in [0, 0.05) is 0 Å². The van der Waals surface area contributed by atoms with Crippen molar-refractivity contribution in [3.05, 3.63) is 59.7 Å². The summed E-state index contributed by atoms with van der Waals surface area (Å²) in [6, 6.07) is 18.4. The molecule has 0 aliphatic heterocycles. The Labute approximate surface area is 148 Å². The lowest BCUT2D eigenvalue weighted by Crippen LogP contribution is -2.13. The fourth-order valence-corrected chi connectivity index (χ4v) is 4.43. The van der Waals surface area contributed by atoms with Crippen molar-refractivity contribution in [1.29, 1.82) is 0 Å². The van der Waals surface area contributed by atoms with Gasteiger partial charge in [0.2, 0.25) is 0 Å². The highest BCUT2D eigenvalue weighted by atomic mass is 14.3. The fourth-order valence-electron chi connectivity index (χ4n) is 4.43. The van der Waals surface area contributed by atoms with E-state index in [4.69, 9.17) is 0 Å². The zero-order valence-electron chi connectivity index (χ0n) is 15.4. The molecule has 1 aliphatic carbocycles. The van der Waals surface area contributed by atoms with E-state index in [0.29, 0.717) is 0 Å². The van der Waals surface area contributed by atoms with Crippen LogP contribution in [-0.4, -0.2) is 0 Å². The van der Waals surface area contributed by atoms with Crippen LogP contribution in [0, 0.1) is 5.92 Å². The average molecular weight is 321 g/mol. The van der Waals surface area contributed by atoms with Gasteiger partial charge in [-0.1, -0.05) is 81.6 Å². The average Bonchev–Trinajstić information content (AvgIpc) is 2.64. The second-order valence-corrected chi connectivity index (χ2v) is 7.54. The topological polar surface area (TPSA) is 0 Å². The zero-order valence-corrected chi connectivity index (χ0v) is 15.4. The van der Waals surface area contributed by atoms with Crippen LogP contribution < -0.4 is 0 Å². The summed E-state index contributed by atoms with van der Waals surface area (Å²) in [5.74, 6) is 1.73. The molecule has 0 N–H and O–H groups in total. The minimum absolute atomic E-state index is 0.754. The third-order valence-electron chi connectivity index (χ3n) is 5.75. The normalized spacial score (nSPS) is 20.9. The van der Waals surface area contributed by atoms with Gasteiger partial charge in [-0.3, -0.25) is 0 Å². The summed E-state index contributed by atoms with van der Waals surface area (Å²) in [6.07, 6.45) is 10.7. The number of rotatable bonds is 6. The first-order valence-electron chi connectivity index (χ1n) is 10.00. The molecule has 0 unspecified atom stereocenters. The lowest BCUT2D eigenvalue weighted by atomic mass is 9.75. The van der Waals surface area contributed by atoms with Gasteiger partial charge >= 0.3 is 0 Å². The van der Waals surface area contributed by atoms with Gasteiger partial charge in [-0.15, -0.1) is 0 Å². The first kappa shape index (κ1) is 17.3. The maximum Gasteiger partial charge on any atom is -0.0149 e. The maximum absolute atomic E-state index is 2.38. The van der Waals surface area contributed by atoms with Crippen LogP contribution >= 0.6 is 0 Å². The third-order valence-corrected chi connectivity index (χ3v) is 5.75. The van der Waals surface area contributed by atoms with Crippen LogP contribution in [0.4, 0.5) is 0 Å². The SMILES string of the molecule is CCCc1ccc(-c2ccccc2C2CCC(CCC)CC2)cc1. The highest BCUT2D eigenvalue weighted by Crippen LogP contribution is 2.41. The molecule has 128 valence electrons. The molecule has 0 heteroatoms. The van der Waals surface area contributed by atoms with E-state index in [1.165, 1.54) is 68.1 Å². The summed E-state index contributed by atoms with van der Waals surface area (Å²) < 4.78 is 0. The van der Waals surface area contributed by atoms with E-state index < -0.39 is 0 Å².